The molecule has 0 saturated carbocycles. The van der Waals surface area contributed by atoms with Crippen molar-refractivity contribution in [2.75, 3.05) is 0 Å². The molecular formula is C35H38N2+2. The molecular weight excluding hydrogens is 448 g/mol. The molecule has 2 nitrogen and oxygen atoms in total. The minimum atomic E-state index is 0.0298. The van der Waals surface area contributed by atoms with Gasteiger partial charge in [0.05, 0.1) is 16.5 Å². The summed E-state index contributed by atoms with van der Waals surface area (Å²) in [6, 6.07) is 35.2. The van der Waals surface area contributed by atoms with Crippen molar-refractivity contribution < 1.29 is 9.13 Å². The lowest BCUT2D eigenvalue weighted by atomic mass is 9.82. The molecule has 0 spiro atoms. The molecule has 0 atom stereocenters. The largest absolute Gasteiger partial charge is 0.344 e. The van der Waals surface area contributed by atoms with Crippen LogP contribution in [0.3, 0.4) is 0 Å². The number of aromatic nitrogens is 2. The van der Waals surface area contributed by atoms with E-state index in [1.165, 1.54) is 44.4 Å². The van der Waals surface area contributed by atoms with Crippen LogP contribution in [0.4, 0.5) is 0 Å². The average Bonchev–Trinajstić information content (AvgIpc) is 2.88. The topological polar surface area (TPSA) is 7.76 Å². The van der Waals surface area contributed by atoms with Crippen molar-refractivity contribution in [2.45, 2.75) is 59.0 Å². The molecule has 0 unspecified atom stereocenters. The first-order chi connectivity index (χ1) is 17.6. The lowest BCUT2D eigenvalue weighted by molar-refractivity contribution is -0.903. The van der Waals surface area contributed by atoms with E-state index in [1.807, 2.05) is 0 Å². The first-order valence-corrected chi connectivity index (χ1v) is 13.2. The molecule has 0 aliphatic rings. The summed E-state index contributed by atoms with van der Waals surface area (Å²) < 4.78 is 4.79. The fourth-order valence-electron chi connectivity index (χ4n) is 5.39. The summed E-state index contributed by atoms with van der Waals surface area (Å²) in [5.41, 5.74) is 7.86. The van der Waals surface area contributed by atoms with Crippen molar-refractivity contribution in [3.63, 3.8) is 0 Å². The molecule has 37 heavy (non-hydrogen) atoms. The molecule has 5 aromatic rings. The van der Waals surface area contributed by atoms with Crippen LogP contribution < -0.4 is 9.13 Å². The van der Waals surface area contributed by atoms with E-state index in [4.69, 9.17) is 0 Å². The van der Waals surface area contributed by atoms with Crippen molar-refractivity contribution in [2.24, 2.45) is 0 Å². The molecule has 3 aromatic carbocycles. The van der Waals surface area contributed by atoms with Gasteiger partial charge in [0.15, 0.2) is 12.4 Å². The minimum Gasteiger partial charge on any atom is -0.139 e. The molecule has 0 fully saturated rings. The van der Waals surface area contributed by atoms with Crippen molar-refractivity contribution in [1.29, 1.82) is 0 Å². The number of pyridine rings is 2. The summed E-state index contributed by atoms with van der Waals surface area (Å²) in [7, 11) is 0. The minimum absolute atomic E-state index is 0.0298. The molecule has 0 aliphatic carbocycles. The Hall–Kier alpha value is -3.78. The summed E-state index contributed by atoms with van der Waals surface area (Å²) >= 11 is 0. The predicted octanol–water partition coefficient (Wildman–Crippen LogP) is 7.85. The molecule has 186 valence electrons. The zero-order valence-corrected chi connectivity index (χ0v) is 23.0. The van der Waals surface area contributed by atoms with Crippen LogP contribution in [0.2, 0.25) is 0 Å². The Bertz CT molecular complexity index is 1560. The van der Waals surface area contributed by atoms with Gasteiger partial charge in [-0.1, -0.05) is 96.1 Å². The smallest absolute Gasteiger partial charge is 0.139 e. The van der Waals surface area contributed by atoms with Gasteiger partial charge in [-0.2, -0.15) is 0 Å². The van der Waals surface area contributed by atoms with Crippen LogP contribution in [0.25, 0.3) is 33.3 Å². The Morgan fingerprint density at radius 1 is 0.514 bits per heavy atom. The highest BCUT2D eigenvalue weighted by atomic mass is 15.1. The molecule has 0 bridgehead atoms. The van der Waals surface area contributed by atoms with Crippen molar-refractivity contribution >= 4 is 10.8 Å². The Labute approximate surface area is 221 Å². The Kier molecular flexibility index (Phi) is 6.45. The number of fused-ring (bicyclic) bond motifs is 1. The number of hydrogen-bond acceptors (Lipinski definition) is 0. The van der Waals surface area contributed by atoms with Crippen molar-refractivity contribution in [1.82, 2.24) is 0 Å². The monoisotopic (exact) mass is 486 g/mol. The molecule has 0 N–H and O–H groups in total. The fourth-order valence-corrected chi connectivity index (χ4v) is 5.39. The van der Waals surface area contributed by atoms with E-state index in [0.717, 1.165) is 0 Å². The van der Waals surface area contributed by atoms with E-state index in [9.17, 15) is 0 Å². The highest BCUT2D eigenvalue weighted by molar-refractivity contribution is 5.93. The van der Waals surface area contributed by atoms with Crippen LogP contribution in [0.5, 0.6) is 0 Å². The van der Waals surface area contributed by atoms with Crippen LogP contribution in [0.1, 0.15) is 52.7 Å². The molecule has 2 aromatic heterocycles. The summed E-state index contributed by atoms with van der Waals surface area (Å²) in [4.78, 5) is 0. The fraction of sp³-hybridized carbons (Fsp3) is 0.257. The maximum Gasteiger partial charge on any atom is 0.344 e. The molecule has 0 amide bonds. The molecule has 0 saturated heterocycles. The van der Waals surface area contributed by atoms with Gasteiger partial charge >= 0.3 is 6.67 Å². The van der Waals surface area contributed by atoms with Crippen molar-refractivity contribution in [3.05, 3.63) is 121 Å². The third kappa shape index (κ3) is 4.93. The van der Waals surface area contributed by atoms with Gasteiger partial charge in [0.1, 0.15) is 0 Å². The van der Waals surface area contributed by atoms with Gasteiger partial charge in [-0.15, -0.1) is 9.13 Å². The van der Waals surface area contributed by atoms with Gasteiger partial charge in [0, 0.05) is 18.2 Å². The number of hydrogen-bond donors (Lipinski definition) is 0. The quantitative estimate of drug-likeness (QED) is 0.229. The summed E-state index contributed by atoms with van der Waals surface area (Å²) in [6.07, 6.45) is 4.45. The van der Waals surface area contributed by atoms with Crippen LogP contribution in [-0.2, 0) is 17.5 Å². The number of nitrogens with zero attached hydrogens (tertiary/aromatic N) is 2. The normalized spacial score (nSPS) is 12.2. The maximum absolute atomic E-state index is 2.41. The third-order valence-electron chi connectivity index (χ3n) is 7.18. The lowest BCUT2D eigenvalue weighted by Crippen LogP contribution is -2.53. The molecule has 5 rings (SSSR count). The van der Waals surface area contributed by atoms with Gasteiger partial charge in [0.25, 0.3) is 0 Å². The second-order valence-corrected chi connectivity index (χ2v) is 12.0. The van der Waals surface area contributed by atoms with E-state index >= 15 is 0 Å². The lowest BCUT2D eigenvalue weighted by Gasteiger charge is -2.22. The van der Waals surface area contributed by atoms with Gasteiger partial charge in [-0.25, -0.2) is 0 Å². The second kappa shape index (κ2) is 9.59. The SMILES string of the molecule is CC(C)(C)c1ccccc1-c1cccc[n+]1C[n+]1ccc2ccccc2c1-c1ccccc1C(C)(C)C. The third-order valence-corrected chi connectivity index (χ3v) is 7.18. The van der Waals surface area contributed by atoms with E-state index in [-0.39, 0.29) is 10.8 Å². The van der Waals surface area contributed by atoms with E-state index < -0.39 is 0 Å². The van der Waals surface area contributed by atoms with Crippen LogP contribution >= 0.6 is 0 Å². The van der Waals surface area contributed by atoms with E-state index in [0.29, 0.717) is 6.67 Å². The first kappa shape index (κ1) is 24.9. The zero-order chi connectivity index (χ0) is 26.2. The van der Waals surface area contributed by atoms with Crippen LogP contribution in [0, 0.1) is 0 Å². The zero-order valence-electron chi connectivity index (χ0n) is 23.0. The Balaban J connectivity index is 1.73. The predicted molar refractivity (Wildman–Crippen MR) is 154 cm³/mol. The summed E-state index contributed by atoms with van der Waals surface area (Å²) in [5, 5.41) is 2.53. The highest BCUT2D eigenvalue weighted by Crippen LogP contribution is 2.35. The Morgan fingerprint density at radius 3 is 1.78 bits per heavy atom. The molecule has 0 aliphatic heterocycles. The van der Waals surface area contributed by atoms with Crippen LogP contribution in [0.15, 0.2) is 109 Å². The molecule has 0 radical (unpaired) electrons. The standard InChI is InChI=1S/C35H38N2/c1-34(2,3)30-19-11-9-17-28(30)32-21-13-14-23-36(32)25-37-24-22-26-15-7-8-16-27(26)33(37)29-18-10-12-20-31(29)35(4,5)6/h7-24H,25H2,1-6H3/q+2. The van der Waals surface area contributed by atoms with E-state index in [1.54, 1.807) is 0 Å². The maximum atomic E-state index is 2.41. The molecule has 2 heterocycles. The first-order valence-electron chi connectivity index (χ1n) is 13.2. The van der Waals surface area contributed by atoms with Gasteiger partial charge in [0.2, 0.25) is 11.4 Å². The summed E-state index contributed by atoms with van der Waals surface area (Å²) in [6.45, 7) is 14.5. The Morgan fingerprint density at radius 2 is 1.08 bits per heavy atom. The van der Waals surface area contributed by atoms with E-state index in [2.05, 4.69) is 160 Å². The summed E-state index contributed by atoms with van der Waals surface area (Å²) in [5.74, 6) is 0. The number of benzene rings is 3. The van der Waals surface area contributed by atoms with Gasteiger partial charge in [-0.05, 0) is 51.6 Å². The second-order valence-electron chi connectivity index (χ2n) is 12.0. The van der Waals surface area contributed by atoms with Gasteiger partial charge < -0.3 is 0 Å². The molecule has 2 heteroatoms. The number of rotatable bonds is 4. The van der Waals surface area contributed by atoms with Crippen molar-refractivity contribution in [3.8, 4) is 22.5 Å². The van der Waals surface area contributed by atoms with Gasteiger partial charge in [-0.3, -0.25) is 0 Å². The van der Waals surface area contributed by atoms with Crippen LogP contribution in [-0.4, -0.2) is 0 Å². The highest BCUT2D eigenvalue weighted by Gasteiger charge is 2.29. The average molecular weight is 487 g/mol.